The number of aldehydes is 1. The highest BCUT2D eigenvalue weighted by Crippen LogP contribution is 2.38. The first-order valence-electron chi connectivity index (χ1n) is 19.5. The molecule has 14 nitrogen and oxygen atoms in total. The van der Waals surface area contributed by atoms with Gasteiger partial charge in [-0.25, -0.2) is 4.79 Å². The van der Waals surface area contributed by atoms with Crippen LogP contribution in [0.4, 0.5) is 0 Å². The fourth-order valence-corrected chi connectivity index (χ4v) is 8.14. The maximum absolute atomic E-state index is 12.9. The molecule has 3 N–H and O–H groups in total. The summed E-state index contributed by atoms with van der Waals surface area (Å²) in [5.41, 5.74) is 6.05. The van der Waals surface area contributed by atoms with Crippen molar-refractivity contribution in [1.82, 2.24) is 30.2 Å². The summed E-state index contributed by atoms with van der Waals surface area (Å²) in [6.45, 7) is 9.94. The third kappa shape index (κ3) is 8.76. The van der Waals surface area contributed by atoms with Gasteiger partial charge in [-0.05, 0) is 80.8 Å². The van der Waals surface area contributed by atoms with Crippen molar-refractivity contribution < 1.29 is 38.5 Å². The number of fused-ring (bicyclic) bond motifs is 2. The lowest BCUT2D eigenvalue weighted by molar-refractivity contribution is 0.0151. The van der Waals surface area contributed by atoms with Gasteiger partial charge < -0.3 is 30.0 Å². The van der Waals surface area contributed by atoms with Crippen LogP contribution in [0.3, 0.4) is 0 Å². The van der Waals surface area contributed by atoms with Gasteiger partial charge in [0.2, 0.25) is 0 Å². The van der Waals surface area contributed by atoms with E-state index in [4.69, 9.17) is 24.4 Å². The van der Waals surface area contributed by atoms with Crippen LogP contribution in [0.1, 0.15) is 117 Å². The molecule has 7 rings (SSSR count). The number of amides is 2. The first-order chi connectivity index (χ1) is 26.2. The molecule has 0 atom stereocenters. The van der Waals surface area contributed by atoms with E-state index >= 15 is 0 Å². The molecule has 0 saturated carbocycles. The minimum atomic E-state index is -0.456. The third-order valence-corrected chi connectivity index (χ3v) is 11.4. The molecule has 2 fully saturated rings. The van der Waals surface area contributed by atoms with E-state index in [9.17, 15) is 19.2 Å². The standard InChI is InChI=1S/C24H29N3O5.C16H25N3O3/c1-2-19-21-20(14-24(16-25-22(21)29)7-11-31-12-8-24)27(26-19)9-4-10-32-23(30)18-6-3-5-17(13-18)15-28;1-2-12-14-13(19(18-12)6-3-7-20)10-16(11-17-15(14)21)4-8-22-9-5-16/h3,5-6,13,15H,2,4,7-12,14,16H2,1H3,(H,25,29);20H,2-11H2,1H3,(H,17,21). The SMILES string of the molecule is CCc1nn(CCCO)c2c1C(=O)NCC1(CCOCC1)C2.CCc1nn(CCCOC(=O)c2cccc(C=O)c2)c2c1C(=O)NCC1(CCOCC1)C2. The van der Waals surface area contributed by atoms with Gasteiger partial charge in [0, 0.05) is 71.2 Å². The second-order valence-corrected chi connectivity index (χ2v) is 14.9. The van der Waals surface area contributed by atoms with Crippen molar-refractivity contribution in [3.8, 4) is 0 Å². The summed E-state index contributed by atoms with van der Waals surface area (Å²) < 4.78 is 20.3. The lowest BCUT2D eigenvalue weighted by Crippen LogP contribution is -2.40. The number of hydrogen-bond acceptors (Lipinski definition) is 10. The van der Waals surface area contributed by atoms with Crippen molar-refractivity contribution in [2.45, 2.75) is 91.1 Å². The molecule has 1 aromatic carbocycles. The van der Waals surface area contributed by atoms with Crippen LogP contribution in [0.25, 0.3) is 0 Å². The second kappa shape index (κ2) is 17.8. The maximum Gasteiger partial charge on any atom is 0.338 e. The number of hydrogen-bond donors (Lipinski definition) is 3. The number of aromatic nitrogens is 4. The lowest BCUT2D eigenvalue weighted by atomic mass is 9.76. The van der Waals surface area contributed by atoms with E-state index in [1.54, 1.807) is 18.2 Å². The van der Waals surface area contributed by atoms with E-state index in [0.29, 0.717) is 81.6 Å². The Balaban J connectivity index is 0.000000197. The number of aryl methyl sites for hydroxylation is 4. The van der Waals surface area contributed by atoms with Crippen LogP contribution in [0.5, 0.6) is 0 Å². The van der Waals surface area contributed by atoms with Crippen LogP contribution < -0.4 is 10.6 Å². The summed E-state index contributed by atoms with van der Waals surface area (Å²) in [6, 6.07) is 6.44. The Labute approximate surface area is 316 Å². The first-order valence-corrected chi connectivity index (χ1v) is 19.5. The van der Waals surface area contributed by atoms with Crippen molar-refractivity contribution in [3.05, 3.63) is 69.3 Å². The van der Waals surface area contributed by atoms with Crippen LogP contribution in [0, 0.1) is 10.8 Å². The molecule has 6 heterocycles. The summed E-state index contributed by atoms with van der Waals surface area (Å²) in [5, 5.41) is 24.7. The molecule has 2 aromatic heterocycles. The van der Waals surface area contributed by atoms with E-state index < -0.39 is 5.97 Å². The molecule has 14 heteroatoms. The molecule has 4 aliphatic heterocycles. The number of carbonyl (C=O) groups excluding carboxylic acids is 4. The molecule has 54 heavy (non-hydrogen) atoms. The summed E-state index contributed by atoms with van der Waals surface area (Å²) in [5.74, 6) is -0.499. The summed E-state index contributed by atoms with van der Waals surface area (Å²) >= 11 is 0. The lowest BCUT2D eigenvalue weighted by Gasteiger charge is -2.36. The highest BCUT2D eigenvalue weighted by Gasteiger charge is 2.41. The second-order valence-electron chi connectivity index (χ2n) is 14.9. The molecule has 2 spiro atoms. The van der Waals surface area contributed by atoms with Crippen LogP contribution >= 0.6 is 0 Å². The Morgan fingerprint density at radius 2 is 1.37 bits per heavy atom. The predicted molar refractivity (Wildman–Crippen MR) is 199 cm³/mol. The van der Waals surface area contributed by atoms with E-state index in [1.807, 2.05) is 23.2 Å². The van der Waals surface area contributed by atoms with Crippen LogP contribution in [0.2, 0.25) is 0 Å². The molecule has 0 bridgehead atoms. The summed E-state index contributed by atoms with van der Waals surface area (Å²) in [4.78, 5) is 48.6. The molecular formula is C40H54N6O8. The number of aliphatic hydroxyl groups is 1. The van der Waals surface area contributed by atoms with E-state index in [1.165, 1.54) is 6.07 Å². The number of esters is 1. The van der Waals surface area contributed by atoms with E-state index in [0.717, 1.165) is 86.5 Å². The van der Waals surface area contributed by atoms with Crippen molar-refractivity contribution in [3.63, 3.8) is 0 Å². The molecule has 292 valence electrons. The Kier molecular flexibility index (Phi) is 13.0. The Hall–Kier alpha value is -4.40. The first kappa shape index (κ1) is 39.3. The summed E-state index contributed by atoms with van der Waals surface area (Å²) in [6.07, 6.45) is 8.79. The van der Waals surface area contributed by atoms with Crippen molar-refractivity contribution >= 4 is 24.1 Å². The zero-order chi connectivity index (χ0) is 38.1. The number of aliphatic hydroxyl groups excluding tert-OH is 1. The third-order valence-electron chi connectivity index (χ3n) is 11.4. The molecular weight excluding hydrogens is 692 g/mol. The smallest absolute Gasteiger partial charge is 0.338 e. The number of rotatable bonds is 11. The van der Waals surface area contributed by atoms with Crippen LogP contribution in [0.15, 0.2) is 24.3 Å². The molecule has 3 aromatic rings. The van der Waals surface area contributed by atoms with Gasteiger partial charge in [0.25, 0.3) is 11.8 Å². The van der Waals surface area contributed by atoms with Crippen molar-refractivity contribution in [2.24, 2.45) is 10.8 Å². The number of carbonyl (C=O) groups is 4. The molecule has 0 radical (unpaired) electrons. The monoisotopic (exact) mass is 746 g/mol. The van der Waals surface area contributed by atoms with Gasteiger partial charge in [-0.2, -0.15) is 10.2 Å². The molecule has 2 saturated heterocycles. The average Bonchev–Trinajstić information content (AvgIpc) is 3.64. The normalized spacial score (nSPS) is 18.6. The largest absolute Gasteiger partial charge is 0.462 e. The Morgan fingerprint density at radius 1 is 0.852 bits per heavy atom. The van der Waals surface area contributed by atoms with Gasteiger partial charge in [-0.3, -0.25) is 23.7 Å². The number of nitrogens with zero attached hydrogens (tertiary/aromatic N) is 4. The predicted octanol–water partition coefficient (Wildman–Crippen LogP) is 3.50. The minimum absolute atomic E-state index is 0.00197. The van der Waals surface area contributed by atoms with Crippen LogP contribution in [-0.4, -0.2) is 101 Å². The fourth-order valence-electron chi connectivity index (χ4n) is 8.14. The van der Waals surface area contributed by atoms with E-state index in [2.05, 4.69) is 15.7 Å². The van der Waals surface area contributed by atoms with E-state index in [-0.39, 0.29) is 35.9 Å². The quantitative estimate of drug-likeness (QED) is 0.150. The number of benzene rings is 1. The van der Waals surface area contributed by atoms with Crippen LogP contribution in [-0.2, 0) is 53.0 Å². The fraction of sp³-hybridized carbons (Fsp3) is 0.600. The van der Waals surface area contributed by atoms with Gasteiger partial charge in [-0.15, -0.1) is 0 Å². The van der Waals surface area contributed by atoms with Gasteiger partial charge >= 0.3 is 5.97 Å². The highest BCUT2D eigenvalue weighted by atomic mass is 16.5. The van der Waals surface area contributed by atoms with Crippen molar-refractivity contribution in [2.75, 3.05) is 52.7 Å². The number of ether oxygens (including phenoxy) is 3. The maximum atomic E-state index is 12.9. The summed E-state index contributed by atoms with van der Waals surface area (Å²) in [7, 11) is 0. The molecule has 4 aliphatic rings. The molecule has 0 unspecified atom stereocenters. The van der Waals surface area contributed by atoms with Gasteiger partial charge in [0.1, 0.15) is 6.29 Å². The molecule has 0 aliphatic carbocycles. The molecule has 2 amide bonds. The van der Waals surface area contributed by atoms with Gasteiger partial charge in [-0.1, -0.05) is 26.0 Å². The Bertz CT molecular complexity index is 1800. The van der Waals surface area contributed by atoms with Crippen molar-refractivity contribution in [1.29, 1.82) is 0 Å². The average molecular weight is 747 g/mol. The zero-order valence-electron chi connectivity index (χ0n) is 31.6. The zero-order valence-corrected chi connectivity index (χ0v) is 31.6. The minimum Gasteiger partial charge on any atom is -0.462 e. The van der Waals surface area contributed by atoms with Gasteiger partial charge in [0.05, 0.1) is 46.1 Å². The topological polar surface area (TPSA) is 176 Å². The Morgan fingerprint density at radius 3 is 1.85 bits per heavy atom. The number of nitrogens with one attached hydrogen (secondary N) is 2. The van der Waals surface area contributed by atoms with Gasteiger partial charge in [0.15, 0.2) is 0 Å². The highest BCUT2D eigenvalue weighted by molar-refractivity contribution is 5.97.